The van der Waals surface area contributed by atoms with Crippen molar-refractivity contribution in [3.63, 3.8) is 0 Å². The Hall–Kier alpha value is -0.420. The summed E-state index contributed by atoms with van der Waals surface area (Å²) in [5, 5.41) is 3.67. The molecule has 2 saturated heterocycles. The number of nitrogens with one attached hydrogen (secondary N) is 1. The van der Waals surface area contributed by atoms with Crippen molar-refractivity contribution in [2.24, 2.45) is 0 Å². The van der Waals surface area contributed by atoms with Crippen LogP contribution in [0, 0.1) is 6.92 Å². The lowest BCUT2D eigenvalue weighted by molar-refractivity contribution is -0.0709. The summed E-state index contributed by atoms with van der Waals surface area (Å²) in [6.45, 7) is 7.29. The van der Waals surface area contributed by atoms with Crippen LogP contribution >= 0.6 is 15.9 Å². The van der Waals surface area contributed by atoms with E-state index in [1.165, 1.54) is 11.1 Å². The molecule has 0 aromatic heterocycles. The maximum atomic E-state index is 5.60. The van der Waals surface area contributed by atoms with E-state index in [1.807, 2.05) is 0 Å². The Morgan fingerprint density at radius 2 is 2.25 bits per heavy atom. The Morgan fingerprint density at radius 1 is 1.45 bits per heavy atom. The van der Waals surface area contributed by atoms with Gasteiger partial charge in [-0.25, -0.2) is 0 Å². The van der Waals surface area contributed by atoms with Gasteiger partial charge in [-0.1, -0.05) is 22.0 Å². The van der Waals surface area contributed by atoms with Crippen molar-refractivity contribution >= 4 is 15.9 Å². The minimum Gasteiger partial charge on any atom is -0.379 e. The highest BCUT2D eigenvalue weighted by atomic mass is 79.9. The minimum atomic E-state index is 0.198. The van der Waals surface area contributed by atoms with Gasteiger partial charge in [0.1, 0.15) is 0 Å². The van der Waals surface area contributed by atoms with E-state index in [2.05, 4.69) is 58.3 Å². The van der Waals surface area contributed by atoms with Gasteiger partial charge >= 0.3 is 0 Å². The summed E-state index contributed by atoms with van der Waals surface area (Å²) in [4.78, 5) is 2.42. The number of hydrogen-bond acceptors (Lipinski definition) is 3. The number of rotatable bonds is 3. The third-order valence-electron chi connectivity index (χ3n) is 4.62. The van der Waals surface area contributed by atoms with Crippen LogP contribution in [0.1, 0.15) is 17.5 Å². The molecule has 20 heavy (non-hydrogen) atoms. The lowest BCUT2D eigenvalue weighted by atomic mass is 9.72. The molecule has 2 heterocycles. The van der Waals surface area contributed by atoms with Crippen molar-refractivity contribution in [2.45, 2.75) is 24.8 Å². The van der Waals surface area contributed by atoms with Gasteiger partial charge in [-0.2, -0.15) is 0 Å². The van der Waals surface area contributed by atoms with Crippen molar-refractivity contribution < 1.29 is 4.74 Å². The summed E-state index contributed by atoms with van der Waals surface area (Å²) in [5.41, 5.74) is 3.03. The Kier molecular flexibility index (Phi) is 4.18. The molecule has 1 atom stereocenters. The zero-order valence-electron chi connectivity index (χ0n) is 12.3. The monoisotopic (exact) mass is 338 g/mol. The molecule has 2 aliphatic rings. The van der Waals surface area contributed by atoms with Crippen LogP contribution < -0.4 is 5.32 Å². The van der Waals surface area contributed by atoms with Crippen LogP contribution in [-0.4, -0.2) is 50.8 Å². The summed E-state index contributed by atoms with van der Waals surface area (Å²) in [5.74, 6) is 0. The lowest BCUT2D eigenvalue weighted by Crippen LogP contribution is -2.56. The average Bonchev–Trinajstić information content (AvgIpc) is 2.37. The zero-order chi connectivity index (χ0) is 14.2. The number of ether oxygens (including phenoxy) is 1. The molecule has 0 radical (unpaired) electrons. The van der Waals surface area contributed by atoms with Crippen molar-refractivity contribution in [1.82, 2.24) is 10.2 Å². The number of benzene rings is 1. The molecule has 2 aliphatic heterocycles. The first kappa shape index (κ1) is 14.5. The molecule has 2 fully saturated rings. The fourth-order valence-electron chi connectivity index (χ4n) is 3.50. The maximum Gasteiger partial charge on any atom is 0.0586 e. The van der Waals surface area contributed by atoms with Gasteiger partial charge in [-0.3, -0.25) is 0 Å². The molecule has 0 bridgehead atoms. The smallest absolute Gasteiger partial charge is 0.0586 e. The third-order valence-corrected chi connectivity index (χ3v) is 5.12. The molecule has 1 aromatic carbocycles. The van der Waals surface area contributed by atoms with Crippen molar-refractivity contribution in [1.29, 1.82) is 0 Å². The summed E-state index contributed by atoms with van der Waals surface area (Å²) in [6.07, 6.45) is 1.16. The molecule has 1 unspecified atom stereocenters. The van der Waals surface area contributed by atoms with Gasteiger partial charge in [-0.15, -0.1) is 0 Å². The van der Waals surface area contributed by atoms with Crippen LogP contribution in [0.2, 0.25) is 0 Å². The van der Waals surface area contributed by atoms with Gasteiger partial charge in [0.25, 0.3) is 0 Å². The summed E-state index contributed by atoms with van der Waals surface area (Å²) >= 11 is 3.61. The molecule has 4 heteroatoms. The Labute approximate surface area is 129 Å². The molecular weight excluding hydrogens is 316 g/mol. The van der Waals surface area contributed by atoms with Gasteiger partial charge in [0, 0.05) is 35.6 Å². The largest absolute Gasteiger partial charge is 0.379 e. The van der Waals surface area contributed by atoms with Gasteiger partial charge in [0.15, 0.2) is 0 Å². The van der Waals surface area contributed by atoms with E-state index < -0.39 is 0 Å². The maximum absolute atomic E-state index is 5.60. The van der Waals surface area contributed by atoms with E-state index >= 15 is 0 Å². The van der Waals surface area contributed by atoms with Gasteiger partial charge in [0.05, 0.1) is 13.2 Å². The van der Waals surface area contributed by atoms with Gasteiger partial charge in [-0.05, 0) is 43.7 Å². The molecular formula is C16H23BrN2O. The predicted molar refractivity (Wildman–Crippen MR) is 85.3 cm³/mol. The highest BCUT2D eigenvalue weighted by Crippen LogP contribution is 2.39. The van der Waals surface area contributed by atoms with E-state index in [0.29, 0.717) is 6.04 Å². The van der Waals surface area contributed by atoms with E-state index in [1.54, 1.807) is 0 Å². The fraction of sp³-hybridized carbons (Fsp3) is 0.625. The van der Waals surface area contributed by atoms with Crippen molar-refractivity contribution in [3.05, 3.63) is 33.8 Å². The molecule has 0 aliphatic carbocycles. The normalized spacial score (nSPS) is 26.2. The second-order valence-electron chi connectivity index (χ2n) is 6.35. The first-order valence-corrected chi connectivity index (χ1v) is 8.15. The highest BCUT2D eigenvalue weighted by Gasteiger charge is 2.43. The number of aryl methyl sites for hydroxylation is 1. The Bertz CT molecular complexity index is 487. The van der Waals surface area contributed by atoms with Crippen LogP contribution in [0.25, 0.3) is 0 Å². The molecule has 1 aromatic rings. The molecule has 0 spiro atoms. The average molecular weight is 339 g/mol. The standard InChI is InChI=1S/C16H23BrN2O/c1-12-3-4-13(17)7-15(12)16(10-20-11-16)8-14-9-19(2)6-5-18-14/h3-4,7,14,18H,5-6,8-11H2,1-2H3. The second kappa shape index (κ2) is 5.76. The topological polar surface area (TPSA) is 24.5 Å². The molecule has 0 amide bonds. The quantitative estimate of drug-likeness (QED) is 0.915. The molecule has 1 N–H and O–H groups in total. The van der Waals surface area contributed by atoms with Gasteiger partial charge < -0.3 is 15.0 Å². The number of hydrogen-bond donors (Lipinski definition) is 1. The Balaban J connectivity index is 1.82. The molecule has 110 valence electrons. The first-order valence-electron chi connectivity index (χ1n) is 7.35. The second-order valence-corrected chi connectivity index (χ2v) is 7.27. The van der Waals surface area contributed by atoms with Crippen LogP contribution in [0.15, 0.2) is 22.7 Å². The SMILES string of the molecule is Cc1ccc(Br)cc1C1(CC2CN(C)CCN2)COC1. The number of piperazine rings is 1. The van der Waals surface area contributed by atoms with Crippen LogP contribution in [-0.2, 0) is 10.2 Å². The van der Waals surface area contributed by atoms with Gasteiger partial charge in [0.2, 0.25) is 0 Å². The highest BCUT2D eigenvalue weighted by molar-refractivity contribution is 9.10. The van der Waals surface area contributed by atoms with Crippen molar-refractivity contribution in [3.8, 4) is 0 Å². The summed E-state index contributed by atoms with van der Waals surface area (Å²) < 4.78 is 6.76. The predicted octanol–water partition coefficient (Wildman–Crippen LogP) is 2.32. The minimum absolute atomic E-state index is 0.198. The number of likely N-dealkylation sites (N-methyl/N-ethyl adjacent to an activating group) is 1. The molecule has 3 rings (SSSR count). The number of nitrogens with zero attached hydrogens (tertiary/aromatic N) is 1. The summed E-state index contributed by atoms with van der Waals surface area (Å²) in [6, 6.07) is 7.18. The molecule has 3 nitrogen and oxygen atoms in total. The van der Waals surface area contributed by atoms with E-state index in [9.17, 15) is 0 Å². The summed E-state index contributed by atoms with van der Waals surface area (Å²) in [7, 11) is 2.21. The Morgan fingerprint density at radius 3 is 2.90 bits per heavy atom. The lowest BCUT2D eigenvalue weighted by Gasteiger charge is -2.46. The first-order chi connectivity index (χ1) is 9.59. The van der Waals surface area contributed by atoms with Crippen LogP contribution in [0.4, 0.5) is 0 Å². The van der Waals surface area contributed by atoms with E-state index in [-0.39, 0.29) is 5.41 Å². The van der Waals surface area contributed by atoms with Crippen LogP contribution in [0.3, 0.4) is 0 Å². The number of halogens is 1. The van der Waals surface area contributed by atoms with Crippen LogP contribution in [0.5, 0.6) is 0 Å². The third kappa shape index (κ3) is 2.80. The van der Waals surface area contributed by atoms with Crippen molar-refractivity contribution in [2.75, 3.05) is 39.9 Å². The zero-order valence-corrected chi connectivity index (χ0v) is 13.9. The molecule has 0 saturated carbocycles. The van der Waals surface area contributed by atoms with E-state index in [0.717, 1.165) is 43.7 Å². The van der Waals surface area contributed by atoms with E-state index in [4.69, 9.17) is 4.74 Å². The fourth-order valence-corrected chi connectivity index (χ4v) is 3.86.